The number of rotatable bonds is 5. The highest BCUT2D eigenvalue weighted by atomic mass is 16.5. The van der Waals surface area contributed by atoms with Gasteiger partial charge >= 0.3 is 0 Å². The summed E-state index contributed by atoms with van der Waals surface area (Å²) in [7, 11) is 1.91. The zero-order chi connectivity index (χ0) is 8.81. The van der Waals surface area contributed by atoms with Gasteiger partial charge in [0.1, 0.15) is 0 Å². The summed E-state index contributed by atoms with van der Waals surface area (Å²) in [5.74, 6) is 1.55. The Hall–Kier alpha value is -0.900. The van der Waals surface area contributed by atoms with Crippen molar-refractivity contribution >= 4 is 0 Å². The Labute approximate surface area is 72.4 Å². The van der Waals surface area contributed by atoms with Crippen LogP contribution in [0.1, 0.15) is 25.1 Å². The molecule has 4 heteroatoms. The maximum absolute atomic E-state index is 5.01. The van der Waals surface area contributed by atoms with Crippen LogP contribution in [0.4, 0.5) is 0 Å². The van der Waals surface area contributed by atoms with Crippen molar-refractivity contribution < 1.29 is 4.52 Å². The molecule has 4 nitrogen and oxygen atoms in total. The van der Waals surface area contributed by atoms with Gasteiger partial charge in [-0.25, -0.2) is 0 Å². The summed E-state index contributed by atoms with van der Waals surface area (Å²) >= 11 is 0. The SMILES string of the molecule is CCCc1nc(CCNC)no1. The summed E-state index contributed by atoms with van der Waals surface area (Å²) in [6.07, 6.45) is 2.77. The molecule has 0 aliphatic carbocycles. The molecular formula is C8H15N3O. The van der Waals surface area contributed by atoms with E-state index in [9.17, 15) is 0 Å². The molecule has 0 atom stereocenters. The first kappa shape index (κ1) is 9.19. The first-order valence-electron chi connectivity index (χ1n) is 4.33. The van der Waals surface area contributed by atoms with Crippen LogP contribution in [0.2, 0.25) is 0 Å². The highest BCUT2D eigenvalue weighted by Gasteiger charge is 2.03. The largest absolute Gasteiger partial charge is 0.339 e. The Morgan fingerprint density at radius 1 is 1.42 bits per heavy atom. The van der Waals surface area contributed by atoms with E-state index in [2.05, 4.69) is 22.4 Å². The molecule has 0 aromatic carbocycles. The van der Waals surface area contributed by atoms with E-state index >= 15 is 0 Å². The summed E-state index contributed by atoms with van der Waals surface area (Å²) in [5, 5.41) is 6.88. The molecule has 0 amide bonds. The summed E-state index contributed by atoms with van der Waals surface area (Å²) in [6, 6.07) is 0. The van der Waals surface area contributed by atoms with Gasteiger partial charge < -0.3 is 9.84 Å². The van der Waals surface area contributed by atoms with Gasteiger partial charge in [-0.05, 0) is 13.5 Å². The zero-order valence-electron chi connectivity index (χ0n) is 7.63. The molecule has 1 rings (SSSR count). The predicted octanol–water partition coefficient (Wildman–Crippen LogP) is 0.784. The quantitative estimate of drug-likeness (QED) is 0.707. The van der Waals surface area contributed by atoms with Crippen LogP contribution in [0.5, 0.6) is 0 Å². The number of hydrogen-bond donors (Lipinski definition) is 1. The van der Waals surface area contributed by atoms with Crippen LogP contribution in [0, 0.1) is 0 Å². The van der Waals surface area contributed by atoms with Gasteiger partial charge in [0.15, 0.2) is 5.82 Å². The predicted molar refractivity (Wildman–Crippen MR) is 45.9 cm³/mol. The Morgan fingerprint density at radius 2 is 2.25 bits per heavy atom. The molecule has 0 aliphatic rings. The van der Waals surface area contributed by atoms with Crippen molar-refractivity contribution in [3.8, 4) is 0 Å². The van der Waals surface area contributed by atoms with Crippen LogP contribution >= 0.6 is 0 Å². The molecule has 1 aromatic heterocycles. The maximum atomic E-state index is 5.01. The molecule has 12 heavy (non-hydrogen) atoms. The monoisotopic (exact) mass is 169 g/mol. The minimum Gasteiger partial charge on any atom is -0.339 e. The average Bonchev–Trinajstić information content (AvgIpc) is 2.50. The van der Waals surface area contributed by atoms with Crippen LogP contribution in [0.3, 0.4) is 0 Å². The minimum atomic E-state index is 0.753. The normalized spacial score (nSPS) is 10.5. The summed E-state index contributed by atoms with van der Waals surface area (Å²) < 4.78 is 5.01. The van der Waals surface area contributed by atoms with Gasteiger partial charge in [-0.2, -0.15) is 4.98 Å². The van der Waals surface area contributed by atoms with Crippen molar-refractivity contribution in [1.29, 1.82) is 0 Å². The maximum Gasteiger partial charge on any atom is 0.226 e. The lowest BCUT2D eigenvalue weighted by Gasteiger charge is -1.90. The lowest BCUT2D eigenvalue weighted by molar-refractivity contribution is 0.372. The lowest BCUT2D eigenvalue weighted by atomic mass is 10.3. The Morgan fingerprint density at radius 3 is 2.92 bits per heavy atom. The van der Waals surface area contributed by atoms with Gasteiger partial charge in [-0.3, -0.25) is 0 Å². The van der Waals surface area contributed by atoms with E-state index < -0.39 is 0 Å². The van der Waals surface area contributed by atoms with Crippen LogP contribution in [-0.4, -0.2) is 23.7 Å². The third-order valence-corrected chi connectivity index (χ3v) is 1.57. The molecule has 0 bridgehead atoms. The molecule has 1 aromatic rings. The van der Waals surface area contributed by atoms with Crippen molar-refractivity contribution in [3.63, 3.8) is 0 Å². The fourth-order valence-electron chi connectivity index (χ4n) is 0.944. The number of nitrogens with zero attached hydrogens (tertiary/aromatic N) is 2. The van der Waals surface area contributed by atoms with Gasteiger partial charge in [0.05, 0.1) is 0 Å². The van der Waals surface area contributed by atoms with Crippen LogP contribution in [0.25, 0.3) is 0 Å². The van der Waals surface area contributed by atoms with E-state index in [1.807, 2.05) is 7.05 Å². The second-order valence-electron chi connectivity index (χ2n) is 2.71. The topological polar surface area (TPSA) is 51.0 Å². The van der Waals surface area contributed by atoms with E-state index in [1.54, 1.807) is 0 Å². The van der Waals surface area contributed by atoms with Crippen LogP contribution in [-0.2, 0) is 12.8 Å². The third kappa shape index (κ3) is 2.62. The van der Waals surface area contributed by atoms with Crippen molar-refractivity contribution in [2.75, 3.05) is 13.6 Å². The van der Waals surface area contributed by atoms with Crippen LogP contribution in [0.15, 0.2) is 4.52 Å². The fraction of sp³-hybridized carbons (Fsp3) is 0.750. The van der Waals surface area contributed by atoms with E-state index in [0.717, 1.165) is 37.5 Å². The molecule has 1 heterocycles. The van der Waals surface area contributed by atoms with Gasteiger partial charge in [0.2, 0.25) is 5.89 Å². The first-order chi connectivity index (χ1) is 5.86. The Bertz CT molecular complexity index is 222. The molecular weight excluding hydrogens is 154 g/mol. The van der Waals surface area contributed by atoms with E-state index in [-0.39, 0.29) is 0 Å². The van der Waals surface area contributed by atoms with E-state index in [0.29, 0.717) is 0 Å². The smallest absolute Gasteiger partial charge is 0.226 e. The molecule has 0 aliphatic heterocycles. The number of likely N-dealkylation sites (N-methyl/N-ethyl adjacent to an activating group) is 1. The van der Waals surface area contributed by atoms with Crippen molar-refractivity contribution in [2.24, 2.45) is 0 Å². The van der Waals surface area contributed by atoms with E-state index in [1.165, 1.54) is 0 Å². The van der Waals surface area contributed by atoms with Gasteiger partial charge in [0, 0.05) is 19.4 Å². The number of aryl methyl sites for hydroxylation is 1. The molecule has 0 saturated heterocycles. The van der Waals surface area contributed by atoms with Crippen LogP contribution < -0.4 is 5.32 Å². The Balaban J connectivity index is 2.41. The van der Waals surface area contributed by atoms with Gasteiger partial charge in [-0.1, -0.05) is 12.1 Å². The summed E-state index contributed by atoms with van der Waals surface area (Å²) in [6.45, 7) is 2.99. The molecule has 68 valence electrons. The molecule has 0 unspecified atom stereocenters. The van der Waals surface area contributed by atoms with Gasteiger partial charge in [0.25, 0.3) is 0 Å². The molecule has 1 N–H and O–H groups in total. The fourth-order valence-corrected chi connectivity index (χ4v) is 0.944. The minimum absolute atomic E-state index is 0.753. The van der Waals surface area contributed by atoms with Gasteiger partial charge in [-0.15, -0.1) is 0 Å². The van der Waals surface area contributed by atoms with Crippen molar-refractivity contribution in [3.05, 3.63) is 11.7 Å². The number of nitrogens with one attached hydrogen (secondary N) is 1. The Kier molecular flexibility index (Phi) is 3.73. The molecule has 0 saturated carbocycles. The molecule has 0 radical (unpaired) electrons. The second kappa shape index (κ2) is 4.87. The highest BCUT2D eigenvalue weighted by Crippen LogP contribution is 2.00. The van der Waals surface area contributed by atoms with Crippen molar-refractivity contribution in [2.45, 2.75) is 26.2 Å². The highest BCUT2D eigenvalue weighted by molar-refractivity contribution is 4.86. The number of aromatic nitrogens is 2. The lowest BCUT2D eigenvalue weighted by Crippen LogP contribution is -2.11. The van der Waals surface area contributed by atoms with E-state index in [4.69, 9.17) is 4.52 Å². The first-order valence-corrected chi connectivity index (χ1v) is 4.33. The molecule has 0 fully saturated rings. The summed E-state index contributed by atoms with van der Waals surface area (Å²) in [5.41, 5.74) is 0. The number of hydrogen-bond acceptors (Lipinski definition) is 4. The standard InChI is InChI=1S/C8H15N3O/c1-3-4-8-10-7(11-12-8)5-6-9-2/h9H,3-6H2,1-2H3. The second-order valence-corrected chi connectivity index (χ2v) is 2.71. The molecule has 0 spiro atoms. The van der Waals surface area contributed by atoms with Crippen molar-refractivity contribution in [1.82, 2.24) is 15.5 Å². The summed E-state index contributed by atoms with van der Waals surface area (Å²) in [4.78, 5) is 4.22. The third-order valence-electron chi connectivity index (χ3n) is 1.57. The average molecular weight is 169 g/mol. The zero-order valence-corrected chi connectivity index (χ0v) is 7.63.